The van der Waals surface area contributed by atoms with E-state index in [-0.39, 0.29) is 16.8 Å². The highest BCUT2D eigenvalue weighted by molar-refractivity contribution is 6.17. The Balaban J connectivity index is 1.69. The molecule has 0 aliphatic heterocycles. The predicted molar refractivity (Wildman–Crippen MR) is 224 cm³/mol. The van der Waals surface area contributed by atoms with Crippen LogP contribution >= 0.6 is 0 Å². The third-order valence-corrected chi connectivity index (χ3v) is 10.3. The van der Waals surface area contributed by atoms with Crippen LogP contribution in [-0.2, 0) is 0 Å². The van der Waals surface area contributed by atoms with Crippen molar-refractivity contribution in [1.82, 2.24) is 4.57 Å². The number of rotatable bonds is 6. The summed E-state index contributed by atoms with van der Waals surface area (Å²) in [5.41, 5.74) is 12.6. The van der Waals surface area contributed by atoms with Gasteiger partial charge in [-0.3, -0.25) is 0 Å². The van der Waals surface area contributed by atoms with Crippen molar-refractivity contribution in [2.75, 3.05) is 0 Å². The lowest BCUT2D eigenvalue weighted by Gasteiger charge is -2.30. The van der Waals surface area contributed by atoms with Crippen LogP contribution in [0, 0.1) is 29.2 Å². The number of para-hydroxylation sites is 2. The first-order valence-corrected chi connectivity index (χ1v) is 18.0. The maximum atomic E-state index is 11.0. The zero-order valence-corrected chi connectivity index (χ0v) is 29.6. The van der Waals surface area contributed by atoms with Crippen molar-refractivity contribution in [2.45, 2.75) is 0 Å². The number of benzene rings is 8. The second kappa shape index (κ2) is 13.9. The minimum absolute atomic E-state index is 0.236. The summed E-state index contributed by atoms with van der Waals surface area (Å²) in [7, 11) is 0. The molecule has 0 spiro atoms. The summed E-state index contributed by atoms with van der Waals surface area (Å²) < 4.78 is 2.32. The number of nitrogens with zero attached hydrogens (tertiary/aromatic N) is 4. The molecule has 0 N–H and O–H groups in total. The first-order valence-electron chi connectivity index (χ1n) is 18.0. The molecule has 254 valence electrons. The Hall–Kier alpha value is -7.97. The van der Waals surface area contributed by atoms with Gasteiger partial charge in [0, 0.05) is 38.6 Å². The Morgan fingerprint density at radius 1 is 0.418 bits per heavy atom. The number of aromatic nitrogens is 1. The van der Waals surface area contributed by atoms with Crippen molar-refractivity contribution in [2.24, 2.45) is 0 Å². The van der Waals surface area contributed by atoms with Crippen LogP contribution in [0.4, 0.5) is 5.69 Å². The molecule has 0 aliphatic rings. The number of hydrogen-bond donors (Lipinski definition) is 0. The molecular formula is C51H30N4. The van der Waals surface area contributed by atoms with Gasteiger partial charge in [0.15, 0.2) is 5.69 Å². The minimum atomic E-state index is 0.236. The van der Waals surface area contributed by atoms with Crippen LogP contribution < -0.4 is 0 Å². The zero-order chi connectivity index (χ0) is 37.3. The van der Waals surface area contributed by atoms with Crippen LogP contribution in [0.1, 0.15) is 11.1 Å². The van der Waals surface area contributed by atoms with E-state index in [0.29, 0.717) is 5.56 Å². The summed E-state index contributed by atoms with van der Waals surface area (Å²) in [6.07, 6.45) is 0. The van der Waals surface area contributed by atoms with Gasteiger partial charge in [-0.05, 0) is 57.6 Å². The molecule has 8 aromatic carbocycles. The molecule has 1 heterocycles. The van der Waals surface area contributed by atoms with Crippen molar-refractivity contribution >= 4 is 27.5 Å². The molecule has 0 atom stereocenters. The van der Waals surface area contributed by atoms with E-state index in [2.05, 4.69) is 155 Å². The van der Waals surface area contributed by atoms with Gasteiger partial charge < -0.3 is 4.57 Å². The maximum absolute atomic E-state index is 11.0. The lowest BCUT2D eigenvalue weighted by molar-refractivity contribution is 1.18. The minimum Gasteiger partial charge on any atom is -0.308 e. The van der Waals surface area contributed by atoms with E-state index < -0.39 is 0 Å². The van der Waals surface area contributed by atoms with Gasteiger partial charge in [-0.2, -0.15) is 10.5 Å². The summed E-state index contributed by atoms with van der Waals surface area (Å²) >= 11 is 0. The highest BCUT2D eigenvalue weighted by atomic mass is 15.0. The molecule has 0 amide bonds. The lowest BCUT2D eigenvalue weighted by Crippen LogP contribution is -2.08. The van der Waals surface area contributed by atoms with Crippen molar-refractivity contribution < 1.29 is 0 Å². The maximum Gasteiger partial charge on any atom is 0.197 e. The Bertz CT molecular complexity index is 2940. The van der Waals surface area contributed by atoms with E-state index in [1.807, 2.05) is 36.4 Å². The first kappa shape index (κ1) is 32.9. The van der Waals surface area contributed by atoms with E-state index in [0.717, 1.165) is 77.6 Å². The number of hydrogen-bond acceptors (Lipinski definition) is 2. The third kappa shape index (κ3) is 5.44. The zero-order valence-electron chi connectivity index (χ0n) is 29.6. The van der Waals surface area contributed by atoms with E-state index in [1.54, 1.807) is 12.1 Å². The molecule has 0 aliphatic carbocycles. The molecule has 4 nitrogen and oxygen atoms in total. The molecule has 1 aromatic heterocycles. The fraction of sp³-hybridized carbons (Fsp3) is 0. The molecule has 55 heavy (non-hydrogen) atoms. The van der Waals surface area contributed by atoms with Crippen LogP contribution in [0.3, 0.4) is 0 Å². The normalized spacial score (nSPS) is 10.9. The van der Waals surface area contributed by atoms with Crippen molar-refractivity contribution in [3.05, 3.63) is 205 Å². The first-order chi connectivity index (χ1) is 27.2. The van der Waals surface area contributed by atoms with Gasteiger partial charge in [0.25, 0.3) is 0 Å². The smallest absolute Gasteiger partial charge is 0.197 e. The molecule has 9 rings (SSSR count). The van der Waals surface area contributed by atoms with Crippen LogP contribution in [-0.4, -0.2) is 4.57 Å². The molecule has 9 aromatic rings. The van der Waals surface area contributed by atoms with Crippen LogP contribution in [0.5, 0.6) is 0 Å². The average Bonchev–Trinajstić information content (AvgIpc) is 3.60. The summed E-state index contributed by atoms with van der Waals surface area (Å²) in [5.74, 6) is 0. The van der Waals surface area contributed by atoms with Gasteiger partial charge in [0.05, 0.1) is 41.0 Å². The van der Waals surface area contributed by atoms with Gasteiger partial charge >= 0.3 is 0 Å². The molecule has 0 radical (unpaired) electrons. The SMILES string of the molecule is [C-]#[N+]c1cc(C#N)cc(C#N)c1-c1c(-c2ccccc2)c(-c2ccccc2)c(-c2ccccc2)c(-c2ccccc2)c1-n1c2ccccc2c2ccccc21. The fourth-order valence-corrected chi connectivity index (χ4v) is 8.06. The standard InChI is InChI=1S/C51H30N4/c1-54-42-31-34(32-52)30-39(33-53)45(42)50-48(37-22-10-4-11-23-37)46(35-18-6-2-7-19-35)47(36-20-8-3-9-21-36)49(38-24-12-5-13-25-38)51(50)55-43-28-16-14-26-40(43)41-27-15-17-29-44(41)55/h2-31H. The summed E-state index contributed by atoms with van der Waals surface area (Å²) in [6.45, 7) is 8.57. The quantitative estimate of drug-likeness (QED) is 0.162. The van der Waals surface area contributed by atoms with Crippen molar-refractivity contribution in [3.63, 3.8) is 0 Å². The Labute approximate surface area is 319 Å². The van der Waals surface area contributed by atoms with Crippen LogP contribution in [0.2, 0.25) is 0 Å². The van der Waals surface area contributed by atoms with Crippen molar-refractivity contribution in [1.29, 1.82) is 10.5 Å². The highest BCUT2D eigenvalue weighted by Crippen LogP contribution is 2.57. The largest absolute Gasteiger partial charge is 0.308 e. The molecule has 4 heteroatoms. The van der Waals surface area contributed by atoms with Gasteiger partial charge in [-0.15, -0.1) is 0 Å². The molecule has 0 saturated carbocycles. The summed E-state index contributed by atoms with van der Waals surface area (Å²) in [5, 5.41) is 23.3. The Kier molecular flexibility index (Phi) is 8.30. The molecule has 0 fully saturated rings. The van der Waals surface area contributed by atoms with Crippen LogP contribution in [0.25, 0.3) is 88.0 Å². The molecule has 0 saturated heterocycles. The Morgan fingerprint density at radius 3 is 1.25 bits per heavy atom. The van der Waals surface area contributed by atoms with E-state index in [9.17, 15) is 10.5 Å². The third-order valence-electron chi connectivity index (χ3n) is 10.3. The van der Waals surface area contributed by atoms with Crippen LogP contribution in [0.15, 0.2) is 182 Å². The van der Waals surface area contributed by atoms with E-state index in [1.165, 1.54) is 0 Å². The van der Waals surface area contributed by atoms with E-state index in [4.69, 9.17) is 6.57 Å². The summed E-state index contributed by atoms with van der Waals surface area (Å²) in [6, 6.07) is 66.2. The fourth-order valence-electron chi connectivity index (χ4n) is 8.06. The Morgan fingerprint density at radius 2 is 0.818 bits per heavy atom. The second-order valence-corrected chi connectivity index (χ2v) is 13.3. The van der Waals surface area contributed by atoms with Gasteiger partial charge in [-0.1, -0.05) is 158 Å². The second-order valence-electron chi connectivity index (χ2n) is 13.3. The predicted octanol–water partition coefficient (Wildman–Crippen LogP) is 13.4. The molecule has 0 unspecified atom stereocenters. The monoisotopic (exact) mass is 698 g/mol. The highest BCUT2D eigenvalue weighted by Gasteiger charge is 2.32. The number of nitriles is 2. The van der Waals surface area contributed by atoms with Gasteiger partial charge in [0.2, 0.25) is 0 Å². The molecule has 0 bridgehead atoms. The van der Waals surface area contributed by atoms with Crippen molar-refractivity contribution in [3.8, 4) is 73.5 Å². The summed E-state index contributed by atoms with van der Waals surface area (Å²) in [4.78, 5) is 4.07. The lowest BCUT2D eigenvalue weighted by atomic mass is 9.76. The molecular weight excluding hydrogens is 669 g/mol. The average molecular weight is 699 g/mol. The van der Waals surface area contributed by atoms with E-state index >= 15 is 0 Å². The van der Waals surface area contributed by atoms with Gasteiger partial charge in [0.1, 0.15) is 0 Å². The topological polar surface area (TPSA) is 56.9 Å². The van der Waals surface area contributed by atoms with Gasteiger partial charge in [-0.25, -0.2) is 4.85 Å². The number of fused-ring (bicyclic) bond motifs is 3.